The number of hydrogen-bond donors (Lipinski definition) is 1. The van der Waals surface area contributed by atoms with Gasteiger partial charge in [0.2, 0.25) is 10.0 Å². The van der Waals surface area contributed by atoms with E-state index in [1.807, 2.05) is 52.0 Å². The van der Waals surface area contributed by atoms with Crippen molar-refractivity contribution >= 4 is 31.6 Å². The second-order valence-electron chi connectivity index (χ2n) is 6.95. The fourth-order valence-electron chi connectivity index (χ4n) is 3.11. The van der Waals surface area contributed by atoms with Crippen LogP contribution in [0.15, 0.2) is 52.2 Å². The lowest BCUT2D eigenvalue weighted by Crippen LogP contribution is -2.28. The number of aryl methyl sites for hydroxylation is 1. The number of benzene rings is 2. The minimum Gasteiger partial charge on any atom is -0.296 e. The van der Waals surface area contributed by atoms with Crippen molar-refractivity contribution < 1.29 is 8.42 Å². The molecule has 0 aliphatic carbocycles. The molecule has 5 nitrogen and oxygen atoms in total. The second kappa shape index (κ2) is 7.58. The first kappa shape index (κ1) is 19.8. The smallest absolute Gasteiger partial charge is 0.296 e. The molecular weight excluding hydrogens is 380 g/mol. The molecule has 1 heterocycles. The maximum absolute atomic E-state index is 12.9. The summed E-state index contributed by atoms with van der Waals surface area (Å²) in [5, 5.41) is 0. The van der Waals surface area contributed by atoms with Crippen LogP contribution in [-0.4, -0.2) is 13.0 Å². The molecule has 27 heavy (non-hydrogen) atoms. The molecule has 0 saturated heterocycles. The number of nitrogens with one attached hydrogen (secondary N) is 1. The van der Waals surface area contributed by atoms with Gasteiger partial charge in [0.05, 0.1) is 15.1 Å². The van der Waals surface area contributed by atoms with Crippen molar-refractivity contribution in [2.75, 3.05) is 0 Å². The molecule has 0 fully saturated rings. The van der Waals surface area contributed by atoms with E-state index in [1.54, 1.807) is 22.8 Å². The summed E-state index contributed by atoms with van der Waals surface area (Å²) in [6.45, 7) is 7.82. The average molecular weight is 405 g/mol. The molecule has 2 aromatic carbocycles. The van der Waals surface area contributed by atoms with E-state index in [9.17, 15) is 13.2 Å². The zero-order valence-corrected chi connectivity index (χ0v) is 17.5. The van der Waals surface area contributed by atoms with Crippen LogP contribution in [0.5, 0.6) is 0 Å². The first-order chi connectivity index (χ1) is 12.7. The van der Waals surface area contributed by atoms with Crippen LogP contribution in [0.3, 0.4) is 0 Å². The van der Waals surface area contributed by atoms with Gasteiger partial charge in [-0.15, -0.1) is 0 Å². The predicted molar refractivity (Wildman–Crippen MR) is 111 cm³/mol. The van der Waals surface area contributed by atoms with Crippen molar-refractivity contribution in [2.45, 2.75) is 51.1 Å². The van der Waals surface area contributed by atoms with Gasteiger partial charge >= 0.3 is 4.87 Å². The van der Waals surface area contributed by atoms with Crippen LogP contribution in [0, 0.1) is 6.92 Å². The Morgan fingerprint density at radius 3 is 2.37 bits per heavy atom. The van der Waals surface area contributed by atoms with Crippen LogP contribution >= 0.6 is 11.3 Å². The molecule has 3 aromatic rings. The lowest BCUT2D eigenvalue weighted by Gasteiger charge is -2.18. The van der Waals surface area contributed by atoms with E-state index in [1.165, 1.54) is 0 Å². The van der Waals surface area contributed by atoms with Crippen molar-refractivity contribution in [1.29, 1.82) is 0 Å². The molecule has 0 radical (unpaired) electrons. The summed E-state index contributed by atoms with van der Waals surface area (Å²) in [4.78, 5) is 12.3. The van der Waals surface area contributed by atoms with Crippen LogP contribution in [0.25, 0.3) is 10.2 Å². The number of hydrogen-bond acceptors (Lipinski definition) is 4. The molecule has 7 heteroatoms. The number of nitrogens with zero attached hydrogens (tertiary/aromatic N) is 1. The first-order valence-corrected chi connectivity index (χ1v) is 11.3. The maximum atomic E-state index is 12.9. The summed E-state index contributed by atoms with van der Waals surface area (Å²) in [6, 6.07) is 12.4. The van der Waals surface area contributed by atoms with Gasteiger partial charge in [-0.2, -0.15) is 0 Å². The molecule has 1 atom stereocenters. The van der Waals surface area contributed by atoms with Gasteiger partial charge in [-0.05, 0) is 51.0 Å². The Balaban J connectivity index is 1.96. The number of fused-ring (bicyclic) bond motifs is 1. The molecular formula is C20H24N2O3S2. The summed E-state index contributed by atoms with van der Waals surface area (Å²) in [7, 11) is -3.70. The number of thiazole rings is 1. The Morgan fingerprint density at radius 1 is 1.11 bits per heavy atom. The molecule has 0 bridgehead atoms. The molecule has 1 aromatic heterocycles. The third-order valence-corrected chi connectivity index (χ3v) is 6.98. The minimum atomic E-state index is -3.70. The van der Waals surface area contributed by atoms with Gasteiger partial charge in [-0.3, -0.25) is 9.36 Å². The van der Waals surface area contributed by atoms with E-state index in [4.69, 9.17) is 0 Å². The molecule has 144 valence electrons. The summed E-state index contributed by atoms with van der Waals surface area (Å²) in [5.41, 5.74) is 2.83. The zero-order valence-electron chi connectivity index (χ0n) is 15.9. The standard InChI is InChI=1S/C20H24N2O3S2/c1-5-17(15-8-6-14(4)7-9-15)21-27(24,25)16-10-11-18-19(12-16)26-20(23)22(18)13(2)3/h6-13,17,21H,5H2,1-4H3. The van der Waals surface area contributed by atoms with Gasteiger partial charge in [-0.1, -0.05) is 48.1 Å². The monoisotopic (exact) mass is 404 g/mol. The molecule has 0 saturated carbocycles. The zero-order chi connectivity index (χ0) is 19.8. The third-order valence-electron chi connectivity index (χ3n) is 4.60. The number of aromatic nitrogens is 1. The van der Waals surface area contributed by atoms with Crippen LogP contribution in [0.2, 0.25) is 0 Å². The molecule has 0 spiro atoms. The summed E-state index contributed by atoms with van der Waals surface area (Å²) in [5.74, 6) is 0. The topological polar surface area (TPSA) is 68.2 Å². The van der Waals surface area contributed by atoms with Crippen LogP contribution in [-0.2, 0) is 10.0 Å². The average Bonchev–Trinajstić information content (AvgIpc) is 2.95. The Kier molecular flexibility index (Phi) is 5.55. The number of rotatable bonds is 6. The van der Waals surface area contributed by atoms with E-state index in [0.29, 0.717) is 11.1 Å². The van der Waals surface area contributed by atoms with Crippen molar-refractivity contribution in [2.24, 2.45) is 0 Å². The SMILES string of the molecule is CCC(NS(=O)(=O)c1ccc2c(c1)sc(=O)n2C(C)C)c1ccc(C)cc1. The normalized spacial score (nSPS) is 13.4. The van der Waals surface area contributed by atoms with Crippen molar-refractivity contribution in [1.82, 2.24) is 9.29 Å². The van der Waals surface area contributed by atoms with Crippen molar-refractivity contribution in [3.8, 4) is 0 Å². The first-order valence-electron chi connectivity index (χ1n) is 8.97. The van der Waals surface area contributed by atoms with Crippen molar-refractivity contribution in [3.05, 3.63) is 63.3 Å². The van der Waals surface area contributed by atoms with Gasteiger partial charge in [-0.25, -0.2) is 13.1 Å². The van der Waals surface area contributed by atoms with E-state index in [2.05, 4.69) is 4.72 Å². The van der Waals surface area contributed by atoms with Gasteiger partial charge in [0.15, 0.2) is 0 Å². The highest BCUT2D eigenvalue weighted by atomic mass is 32.2. The Morgan fingerprint density at radius 2 is 1.78 bits per heavy atom. The predicted octanol–water partition coefficient (Wildman–Crippen LogP) is 4.38. The highest BCUT2D eigenvalue weighted by molar-refractivity contribution is 7.89. The maximum Gasteiger partial charge on any atom is 0.308 e. The fraction of sp³-hybridized carbons (Fsp3) is 0.350. The molecule has 0 aliphatic heterocycles. The van der Waals surface area contributed by atoms with Gasteiger partial charge < -0.3 is 0 Å². The molecule has 0 aliphatic rings. The van der Waals surface area contributed by atoms with Crippen LogP contribution in [0.4, 0.5) is 0 Å². The fourth-order valence-corrected chi connectivity index (χ4v) is 5.57. The van der Waals surface area contributed by atoms with Crippen molar-refractivity contribution in [3.63, 3.8) is 0 Å². The third kappa shape index (κ3) is 4.00. The van der Waals surface area contributed by atoms with Gasteiger partial charge in [0.1, 0.15) is 0 Å². The second-order valence-corrected chi connectivity index (χ2v) is 9.66. The highest BCUT2D eigenvalue weighted by Crippen LogP contribution is 2.26. The van der Waals surface area contributed by atoms with E-state index in [0.717, 1.165) is 28.0 Å². The van der Waals surface area contributed by atoms with E-state index < -0.39 is 10.0 Å². The largest absolute Gasteiger partial charge is 0.308 e. The summed E-state index contributed by atoms with van der Waals surface area (Å²) >= 11 is 1.08. The minimum absolute atomic E-state index is 0.0258. The number of sulfonamides is 1. The highest BCUT2D eigenvalue weighted by Gasteiger charge is 2.22. The summed E-state index contributed by atoms with van der Waals surface area (Å²) < 4.78 is 31.0. The molecule has 3 rings (SSSR count). The molecule has 1 unspecified atom stereocenters. The Labute approximate surface area is 163 Å². The van der Waals surface area contributed by atoms with Crippen LogP contribution < -0.4 is 9.60 Å². The lowest BCUT2D eigenvalue weighted by atomic mass is 10.0. The Hall–Kier alpha value is -1.96. The van der Waals surface area contributed by atoms with Crippen LogP contribution in [0.1, 0.15) is 50.4 Å². The van der Waals surface area contributed by atoms with E-state index >= 15 is 0 Å². The molecule has 1 N–H and O–H groups in total. The molecule has 0 amide bonds. The van der Waals surface area contributed by atoms with Gasteiger partial charge in [0.25, 0.3) is 0 Å². The summed E-state index contributed by atoms with van der Waals surface area (Å²) in [6.07, 6.45) is 0.640. The lowest BCUT2D eigenvalue weighted by molar-refractivity contribution is 0.550. The Bertz CT molecular complexity index is 1110. The van der Waals surface area contributed by atoms with Gasteiger partial charge in [0, 0.05) is 12.1 Å². The van der Waals surface area contributed by atoms with E-state index in [-0.39, 0.29) is 21.9 Å². The quantitative estimate of drug-likeness (QED) is 0.663.